The fourth-order valence-corrected chi connectivity index (χ4v) is 4.07. The topological polar surface area (TPSA) is 69.5 Å². The first-order chi connectivity index (χ1) is 13.3. The van der Waals surface area contributed by atoms with Crippen LogP contribution in [-0.2, 0) is 4.79 Å². The van der Waals surface area contributed by atoms with Crippen LogP contribution in [0.1, 0.15) is 49.1 Å². The summed E-state index contributed by atoms with van der Waals surface area (Å²) >= 11 is 0. The predicted molar refractivity (Wildman–Crippen MR) is 104 cm³/mol. The van der Waals surface area contributed by atoms with Crippen molar-refractivity contribution in [3.05, 3.63) is 60.1 Å². The number of likely N-dealkylation sites (tertiary alicyclic amines) is 1. The molecule has 3 unspecified atom stereocenters. The molecule has 1 aromatic heterocycles. The molecule has 1 amide bonds. The van der Waals surface area contributed by atoms with E-state index < -0.39 is 0 Å². The van der Waals surface area contributed by atoms with Crippen LogP contribution in [0.3, 0.4) is 0 Å². The lowest BCUT2D eigenvalue weighted by atomic mass is 10.0. The van der Waals surface area contributed by atoms with Crippen molar-refractivity contribution in [1.29, 1.82) is 0 Å². The van der Waals surface area contributed by atoms with E-state index in [1.54, 1.807) is 6.26 Å². The van der Waals surface area contributed by atoms with Gasteiger partial charge in [0.25, 0.3) is 0 Å². The second-order valence-electron chi connectivity index (χ2n) is 7.41. The second-order valence-corrected chi connectivity index (χ2v) is 7.41. The van der Waals surface area contributed by atoms with Gasteiger partial charge in [-0.15, -0.1) is 0 Å². The SMILES string of the molecule is O=C(NCC(c1ccco1)N1CCCCC1)C1CC(c2ccccc2)NN1. The maximum atomic E-state index is 12.7. The van der Waals surface area contributed by atoms with Gasteiger partial charge in [-0.05, 0) is 50.0 Å². The molecule has 2 fully saturated rings. The number of piperidine rings is 1. The maximum absolute atomic E-state index is 12.7. The van der Waals surface area contributed by atoms with Crippen LogP contribution in [0.2, 0.25) is 0 Å². The summed E-state index contributed by atoms with van der Waals surface area (Å²) in [7, 11) is 0. The van der Waals surface area contributed by atoms with Crippen molar-refractivity contribution in [2.45, 2.75) is 43.8 Å². The number of carbonyl (C=O) groups excluding carboxylic acids is 1. The van der Waals surface area contributed by atoms with Crippen molar-refractivity contribution in [1.82, 2.24) is 21.1 Å². The predicted octanol–water partition coefficient (Wildman–Crippen LogP) is 2.53. The Hall–Kier alpha value is -2.15. The number of nitrogens with one attached hydrogen (secondary N) is 3. The fraction of sp³-hybridized carbons (Fsp3) is 0.476. The molecule has 0 radical (unpaired) electrons. The van der Waals surface area contributed by atoms with Crippen molar-refractivity contribution < 1.29 is 9.21 Å². The van der Waals surface area contributed by atoms with Crippen molar-refractivity contribution >= 4 is 5.91 Å². The van der Waals surface area contributed by atoms with Gasteiger partial charge < -0.3 is 9.73 Å². The molecular weight excluding hydrogens is 340 g/mol. The molecule has 2 saturated heterocycles. The summed E-state index contributed by atoms with van der Waals surface area (Å²) < 4.78 is 5.66. The highest BCUT2D eigenvalue weighted by atomic mass is 16.3. The van der Waals surface area contributed by atoms with E-state index in [9.17, 15) is 4.79 Å². The van der Waals surface area contributed by atoms with Crippen LogP contribution in [0.15, 0.2) is 53.1 Å². The molecule has 27 heavy (non-hydrogen) atoms. The first-order valence-corrected chi connectivity index (χ1v) is 9.92. The second kappa shape index (κ2) is 8.69. The zero-order valence-electron chi connectivity index (χ0n) is 15.6. The Morgan fingerprint density at radius 2 is 1.93 bits per heavy atom. The van der Waals surface area contributed by atoms with Crippen molar-refractivity contribution in [3.8, 4) is 0 Å². The molecule has 3 atom stereocenters. The van der Waals surface area contributed by atoms with Gasteiger partial charge in [-0.2, -0.15) is 0 Å². The van der Waals surface area contributed by atoms with E-state index in [1.807, 2.05) is 30.3 Å². The molecule has 6 heteroatoms. The van der Waals surface area contributed by atoms with Gasteiger partial charge in [0.05, 0.1) is 12.3 Å². The Kier molecular flexibility index (Phi) is 5.87. The highest BCUT2D eigenvalue weighted by molar-refractivity contribution is 5.82. The van der Waals surface area contributed by atoms with Crippen LogP contribution in [-0.4, -0.2) is 36.5 Å². The van der Waals surface area contributed by atoms with Crippen LogP contribution in [0.25, 0.3) is 0 Å². The summed E-state index contributed by atoms with van der Waals surface area (Å²) in [5.41, 5.74) is 7.58. The smallest absolute Gasteiger partial charge is 0.238 e. The van der Waals surface area contributed by atoms with E-state index in [0.717, 1.165) is 25.3 Å². The minimum Gasteiger partial charge on any atom is -0.468 e. The summed E-state index contributed by atoms with van der Waals surface area (Å²) in [6, 6.07) is 14.2. The fourth-order valence-electron chi connectivity index (χ4n) is 4.07. The Morgan fingerprint density at radius 3 is 2.67 bits per heavy atom. The zero-order chi connectivity index (χ0) is 18.5. The molecule has 6 nitrogen and oxygen atoms in total. The lowest BCUT2D eigenvalue weighted by molar-refractivity contribution is -0.123. The highest BCUT2D eigenvalue weighted by Crippen LogP contribution is 2.25. The molecule has 2 aliphatic heterocycles. The third-order valence-corrected chi connectivity index (χ3v) is 5.59. The number of hydrazine groups is 1. The molecule has 2 aromatic rings. The number of benzene rings is 1. The summed E-state index contributed by atoms with van der Waals surface area (Å²) in [5, 5.41) is 3.14. The number of carbonyl (C=O) groups is 1. The molecular formula is C21H28N4O2. The molecule has 3 N–H and O–H groups in total. The molecule has 2 aliphatic rings. The summed E-state index contributed by atoms with van der Waals surface area (Å²) in [6.07, 6.45) is 6.15. The normalized spacial score (nSPS) is 24.6. The standard InChI is InChI=1S/C21H28N4O2/c26-21(18-14-17(23-24-18)16-8-3-1-4-9-16)22-15-19(20-10-7-13-27-20)25-11-5-2-6-12-25/h1,3-4,7-10,13,17-19,23-24H,2,5-6,11-12,14-15H2,(H,22,26). The molecule has 3 heterocycles. The van der Waals surface area contributed by atoms with E-state index in [2.05, 4.69) is 33.2 Å². The average Bonchev–Trinajstić information content (AvgIpc) is 3.42. The Bertz CT molecular complexity index is 713. The van der Waals surface area contributed by atoms with E-state index in [1.165, 1.54) is 24.8 Å². The molecule has 0 bridgehead atoms. The zero-order valence-corrected chi connectivity index (χ0v) is 15.6. The number of amides is 1. The van der Waals surface area contributed by atoms with Crippen molar-refractivity contribution in [3.63, 3.8) is 0 Å². The molecule has 0 saturated carbocycles. The summed E-state index contributed by atoms with van der Waals surface area (Å²) in [6.45, 7) is 2.68. The van der Waals surface area contributed by atoms with Gasteiger partial charge in [0.2, 0.25) is 5.91 Å². The third kappa shape index (κ3) is 4.40. The summed E-state index contributed by atoms with van der Waals surface area (Å²) in [5.74, 6) is 0.964. The van der Waals surface area contributed by atoms with Crippen LogP contribution >= 0.6 is 0 Å². The van der Waals surface area contributed by atoms with Gasteiger partial charge in [-0.3, -0.25) is 9.69 Å². The first-order valence-electron chi connectivity index (χ1n) is 9.92. The number of rotatable bonds is 6. The monoisotopic (exact) mass is 368 g/mol. The lowest BCUT2D eigenvalue weighted by Gasteiger charge is -2.33. The number of hydrogen-bond acceptors (Lipinski definition) is 5. The number of furan rings is 1. The molecule has 144 valence electrons. The van der Waals surface area contributed by atoms with Crippen LogP contribution < -0.4 is 16.2 Å². The van der Waals surface area contributed by atoms with Gasteiger partial charge in [-0.25, -0.2) is 10.9 Å². The van der Waals surface area contributed by atoms with Crippen LogP contribution in [0.5, 0.6) is 0 Å². The minimum absolute atomic E-state index is 0.0366. The maximum Gasteiger partial charge on any atom is 0.238 e. The van der Waals surface area contributed by atoms with E-state index in [0.29, 0.717) is 6.54 Å². The van der Waals surface area contributed by atoms with Crippen molar-refractivity contribution in [2.24, 2.45) is 0 Å². The molecule has 0 aliphatic carbocycles. The van der Waals surface area contributed by atoms with Gasteiger partial charge in [-0.1, -0.05) is 36.8 Å². The van der Waals surface area contributed by atoms with Gasteiger partial charge in [0.1, 0.15) is 11.8 Å². The average molecular weight is 368 g/mol. The van der Waals surface area contributed by atoms with Gasteiger partial charge in [0, 0.05) is 12.6 Å². The minimum atomic E-state index is -0.228. The number of hydrogen-bond donors (Lipinski definition) is 3. The largest absolute Gasteiger partial charge is 0.468 e. The lowest BCUT2D eigenvalue weighted by Crippen LogP contribution is -2.46. The van der Waals surface area contributed by atoms with E-state index >= 15 is 0 Å². The quantitative estimate of drug-likeness (QED) is 0.731. The van der Waals surface area contributed by atoms with E-state index in [4.69, 9.17) is 4.42 Å². The highest BCUT2D eigenvalue weighted by Gasteiger charge is 2.31. The van der Waals surface area contributed by atoms with Gasteiger partial charge >= 0.3 is 0 Å². The molecule has 1 aromatic carbocycles. The third-order valence-electron chi connectivity index (χ3n) is 5.59. The number of nitrogens with zero attached hydrogens (tertiary/aromatic N) is 1. The Balaban J connectivity index is 1.34. The molecule has 4 rings (SSSR count). The van der Waals surface area contributed by atoms with Crippen molar-refractivity contribution in [2.75, 3.05) is 19.6 Å². The van der Waals surface area contributed by atoms with Crippen LogP contribution in [0, 0.1) is 0 Å². The molecule has 0 spiro atoms. The summed E-state index contributed by atoms with van der Waals surface area (Å²) in [4.78, 5) is 15.1. The Morgan fingerprint density at radius 1 is 1.11 bits per heavy atom. The Labute approximate surface area is 160 Å². The van der Waals surface area contributed by atoms with E-state index in [-0.39, 0.29) is 24.0 Å². The van der Waals surface area contributed by atoms with Crippen LogP contribution in [0.4, 0.5) is 0 Å². The van der Waals surface area contributed by atoms with Gasteiger partial charge in [0.15, 0.2) is 0 Å². The first kappa shape index (κ1) is 18.2.